The Kier molecular flexibility index (Phi) is 2.42. The van der Waals surface area contributed by atoms with Crippen molar-refractivity contribution in [3.8, 4) is 0 Å². The SMILES string of the molecule is CC1C(Cl)CCC1c1ccsc1. The zero-order valence-corrected chi connectivity index (χ0v) is 8.74. The molecule has 1 heterocycles. The summed E-state index contributed by atoms with van der Waals surface area (Å²) >= 11 is 7.96. The van der Waals surface area contributed by atoms with E-state index >= 15 is 0 Å². The molecule has 12 heavy (non-hydrogen) atoms. The first-order chi connectivity index (χ1) is 5.79. The molecule has 0 spiro atoms. The lowest BCUT2D eigenvalue weighted by Crippen LogP contribution is -2.08. The molecule has 1 aromatic heterocycles. The van der Waals surface area contributed by atoms with Gasteiger partial charge in [-0.05, 0) is 47.1 Å². The summed E-state index contributed by atoms with van der Waals surface area (Å²) in [6.45, 7) is 2.27. The highest BCUT2D eigenvalue weighted by atomic mass is 35.5. The summed E-state index contributed by atoms with van der Waals surface area (Å²) in [7, 11) is 0. The molecule has 1 aliphatic rings. The molecule has 2 heteroatoms. The van der Waals surface area contributed by atoms with E-state index in [-0.39, 0.29) is 0 Å². The van der Waals surface area contributed by atoms with Crippen molar-refractivity contribution in [2.75, 3.05) is 0 Å². The van der Waals surface area contributed by atoms with Crippen molar-refractivity contribution in [2.45, 2.75) is 31.1 Å². The highest BCUT2D eigenvalue weighted by molar-refractivity contribution is 7.07. The fourth-order valence-corrected chi connectivity index (χ4v) is 3.10. The summed E-state index contributed by atoms with van der Waals surface area (Å²) in [6, 6.07) is 2.24. The molecule has 3 atom stereocenters. The predicted molar refractivity (Wildman–Crippen MR) is 55.1 cm³/mol. The van der Waals surface area contributed by atoms with Gasteiger partial charge in [0.1, 0.15) is 0 Å². The lowest BCUT2D eigenvalue weighted by Gasteiger charge is -2.15. The molecule has 2 rings (SSSR count). The van der Waals surface area contributed by atoms with Crippen LogP contribution >= 0.6 is 22.9 Å². The molecule has 0 amide bonds. The summed E-state index contributed by atoms with van der Waals surface area (Å²) in [6.07, 6.45) is 2.45. The number of hydrogen-bond acceptors (Lipinski definition) is 1. The molecular formula is C10H13ClS. The van der Waals surface area contributed by atoms with Gasteiger partial charge < -0.3 is 0 Å². The Labute approximate surface area is 82.6 Å². The van der Waals surface area contributed by atoms with Gasteiger partial charge in [0, 0.05) is 5.38 Å². The van der Waals surface area contributed by atoms with Crippen molar-refractivity contribution in [3.05, 3.63) is 22.4 Å². The first kappa shape index (κ1) is 8.58. The van der Waals surface area contributed by atoms with Gasteiger partial charge in [-0.3, -0.25) is 0 Å². The van der Waals surface area contributed by atoms with Gasteiger partial charge in [0.25, 0.3) is 0 Å². The maximum Gasteiger partial charge on any atom is 0.0367 e. The van der Waals surface area contributed by atoms with Crippen LogP contribution in [0.4, 0.5) is 0 Å². The minimum Gasteiger partial charge on any atom is -0.152 e. The van der Waals surface area contributed by atoms with Crippen LogP contribution in [0, 0.1) is 5.92 Å². The van der Waals surface area contributed by atoms with Crippen molar-refractivity contribution < 1.29 is 0 Å². The minimum absolute atomic E-state index is 0.398. The predicted octanol–water partition coefficient (Wildman–Crippen LogP) is 3.87. The van der Waals surface area contributed by atoms with E-state index in [9.17, 15) is 0 Å². The number of hydrogen-bond donors (Lipinski definition) is 0. The minimum atomic E-state index is 0.398. The number of halogens is 1. The van der Waals surface area contributed by atoms with E-state index in [0.717, 1.165) is 5.92 Å². The summed E-state index contributed by atoms with van der Waals surface area (Å²) in [4.78, 5) is 0. The van der Waals surface area contributed by atoms with Crippen LogP contribution in [0.25, 0.3) is 0 Å². The average Bonchev–Trinajstić information content (AvgIpc) is 2.64. The highest BCUT2D eigenvalue weighted by Gasteiger charge is 2.32. The van der Waals surface area contributed by atoms with Crippen LogP contribution in [0.5, 0.6) is 0 Å². The van der Waals surface area contributed by atoms with Crippen molar-refractivity contribution in [1.29, 1.82) is 0 Å². The standard InChI is InChI=1S/C10H13ClS/c1-7-9(2-3-10(7)11)8-4-5-12-6-8/h4-7,9-10H,2-3H2,1H3. The van der Waals surface area contributed by atoms with E-state index in [4.69, 9.17) is 11.6 Å². The summed E-state index contributed by atoms with van der Waals surface area (Å²) in [5.41, 5.74) is 1.50. The van der Waals surface area contributed by atoms with E-state index < -0.39 is 0 Å². The Bertz CT molecular complexity index is 242. The summed E-state index contributed by atoms with van der Waals surface area (Å²) in [5.74, 6) is 1.38. The Morgan fingerprint density at radius 2 is 2.33 bits per heavy atom. The van der Waals surface area contributed by atoms with E-state index in [2.05, 4.69) is 23.8 Å². The van der Waals surface area contributed by atoms with Crippen LogP contribution in [0.1, 0.15) is 31.2 Å². The largest absolute Gasteiger partial charge is 0.152 e. The highest BCUT2D eigenvalue weighted by Crippen LogP contribution is 2.42. The van der Waals surface area contributed by atoms with Gasteiger partial charge in [-0.2, -0.15) is 11.3 Å². The van der Waals surface area contributed by atoms with Crippen LogP contribution in [0.2, 0.25) is 0 Å². The maximum atomic E-state index is 6.18. The smallest absolute Gasteiger partial charge is 0.0367 e. The van der Waals surface area contributed by atoms with E-state index in [1.54, 1.807) is 11.3 Å². The molecular weight excluding hydrogens is 188 g/mol. The fraction of sp³-hybridized carbons (Fsp3) is 0.600. The zero-order valence-electron chi connectivity index (χ0n) is 7.16. The molecule has 0 saturated heterocycles. The first-order valence-electron chi connectivity index (χ1n) is 4.45. The Hall–Kier alpha value is -0.0100. The van der Waals surface area contributed by atoms with Gasteiger partial charge in [-0.25, -0.2) is 0 Å². The zero-order chi connectivity index (χ0) is 8.55. The van der Waals surface area contributed by atoms with E-state index in [0.29, 0.717) is 11.3 Å². The third kappa shape index (κ3) is 1.40. The number of alkyl halides is 1. The Morgan fingerprint density at radius 1 is 1.50 bits per heavy atom. The van der Waals surface area contributed by atoms with Crippen molar-refractivity contribution in [3.63, 3.8) is 0 Å². The van der Waals surface area contributed by atoms with Crippen LogP contribution in [-0.4, -0.2) is 5.38 Å². The van der Waals surface area contributed by atoms with Gasteiger partial charge in [0.15, 0.2) is 0 Å². The van der Waals surface area contributed by atoms with Crippen LogP contribution in [0.3, 0.4) is 0 Å². The van der Waals surface area contributed by atoms with Gasteiger partial charge in [-0.1, -0.05) is 6.92 Å². The molecule has 1 aromatic rings. The van der Waals surface area contributed by atoms with E-state index in [1.807, 2.05) is 0 Å². The van der Waals surface area contributed by atoms with Crippen molar-refractivity contribution in [2.24, 2.45) is 5.92 Å². The molecule has 0 aromatic carbocycles. The monoisotopic (exact) mass is 200 g/mol. The number of rotatable bonds is 1. The summed E-state index contributed by atoms with van der Waals surface area (Å²) in [5, 5.41) is 4.81. The molecule has 1 saturated carbocycles. The fourth-order valence-electron chi connectivity index (χ4n) is 2.07. The molecule has 66 valence electrons. The molecule has 3 unspecified atom stereocenters. The normalized spacial score (nSPS) is 35.7. The van der Waals surface area contributed by atoms with Gasteiger partial charge in [0.2, 0.25) is 0 Å². The molecule has 1 fully saturated rings. The van der Waals surface area contributed by atoms with Crippen molar-refractivity contribution in [1.82, 2.24) is 0 Å². The third-order valence-electron chi connectivity index (χ3n) is 2.93. The second-order valence-electron chi connectivity index (χ2n) is 3.62. The van der Waals surface area contributed by atoms with Crippen LogP contribution in [0.15, 0.2) is 16.8 Å². The van der Waals surface area contributed by atoms with Gasteiger partial charge in [0.05, 0.1) is 0 Å². The lowest BCUT2D eigenvalue weighted by molar-refractivity contribution is 0.539. The molecule has 0 bridgehead atoms. The second-order valence-corrected chi connectivity index (χ2v) is 4.96. The number of thiophene rings is 1. The van der Waals surface area contributed by atoms with Crippen molar-refractivity contribution >= 4 is 22.9 Å². The average molecular weight is 201 g/mol. The lowest BCUT2D eigenvalue weighted by atomic mass is 9.92. The first-order valence-corrected chi connectivity index (χ1v) is 5.83. The second kappa shape index (κ2) is 3.39. The quantitative estimate of drug-likeness (QED) is 0.604. The molecule has 0 N–H and O–H groups in total. The van der Waals surface area contributed by atoms with E-state index in [1.165, 1.54) is 18.4 Å². The maximum absolute atomic E-state index is 6.18. The van der Waals surface area contributed by atoms with Gasteiger partial charge >= 0.3 is 0 Å². The van der Waals surface area contributed by atoms with Crippen LogP contribution in [-0.2, 0) is 0 Å². The Balaban J connectivity index is 2.16. The molecule has 0 aliphatic heterocycles. The summed E-state index contributed by atoms with van der Waals surface area (Å²) < 4.78 is 0. The topological polar surface area (TPSA) is 0 Å². The third-order valence-corrected chi connectivity index (χ3v) is 4.25. The van der Waals surface area contributed by atoms with Crippen LogP contribution < -0.4 is 0 Å². The van der Waals surface area contributed by atoms with Gasteiger partial charge in [-0.15, -0.1) is 11.6 Å². The molecule has 0 radical (unpaired) electrons. The Morgan fingerprint density at radius 3 is 2.83 bits per heavy atom. The molecule has 0 nitrogen and oxygen atoms in total. The molecule has 1 aliphatic carbocycles.